The molecule has 5 nitrogen and oxygen atoms in total. The molecule has 0 aromatic heterocycles. The van der Waals surface area contributed by atoms with E-state index in [9.17, 15) is 17.6 Å². The summed E-state index contributed by atoms with van der Waals surface area (Å²) in [7, 11) is -4.06. The highest BCUT2D eigenvalue weighted by atomic mass is 35.5. The lowest BCUT2D eigenvalue weighted by atomic mass is 10.2. The summed E-state index contributed by atoms with van der Waals surface area (Å²) in [6.45, 7) is 0.853. The van der Waals surface area contributed by atoms with Crippen molar-refractivity contribution in [2.24, 2.45) is 0 Å². The number of benzene rings is 1. The minimum absolute atomic E-state index is 0.0623. The van der Waals surface area contributed by atoms with Crippen LogP contribution in [0, 0.1) is 5.82 Å². The second-order valence-electron chi connectivity index (χ2n) is 5.00. The molecule has 0 amide bonds. The van der Waals surface area contributed by atoms with E-state index in [-0.39, 0.29) is 23.2 Å². The molecular weight excluding hydrogens is 321 g/mol. The third-order valence-corrected chi connectivity index (χ3v) is 5.98. The van der Waals surface area contributed by atoms with Crippen molar-refractivity contribution >= 4 is 27.6 Å². The van der Waals surface area contributed by atoms with E-state index in [2.05, 4.69) is 0 Å². The zero-order valence-electron chi connectivity index (χ0n) is 11.3. The minimum atomic E-state index is -4.06. The number of nitrogens with zero attached hydrogens (tertiary/aromatic N) is 1. The Kier molecular flexibility index (Phi) is 4.55. The van der Waals surface area contributed by atoms with Gasteiger partial charge in [-0.15, -0.1) is 0 Å². The fourth-order valence-corrected chi connectivity index (χ4v) is 3.78. The Morgan fingerprint density at radius 1 is 1.52 bits per heavy atom. The molecule has 2 rings (SSSR count). The molecule has 0 spiro atoms. The number of carboxylic acids is 1. The first-order chi connectivity index (χ1) is 9.75. The van der Waals surface area contributed by atoms with Crippen molar-refractivity contribution in [3.05, 3.63) is 34.6 Å². The maximum Gasteiger partial charge on any atom is 0.323 e. The van der Waals surface area contributed by atoms with Crippen LogP contribution in [-0.4, -0.2) is 35.1 Å². The van der Waals surface area contributed by atoms with Gasteiger partial charge in [-0.25, -0.2) is 12.8 Å². The van der Waals surface area contributed by atoms with E-state index < -0.39 is 27.1 Å². The zero-order valence-corrected chi connectivity index (χ0v) is 12.9. The predicted molar refractivity (Wildman–Crippen MR) is 76.0 cm³/mol. The molecule has 21 heavy (non-hydrogen) atoms. The Morgan fingerprint density at radius 3 is 2.62 bits per heavy atom. The molecule has 0 aliphatic heterocycles. The molecule has 0 heterocycles. The molecule has 0 bridgehead atoms. The SMILES string of the molecule is CC(C(=O)O)S(=O)(=O)N(Cc1c(F)cccc1Cl)C1CC1. The molecule has 1 atom stereocenters. The quantitative estimate of drug-likeness (QED) is 0.865. The van der Waals surface area contributed by atoms with Crippen LogP contribution in [-0.2, 0) is 21.4 Å². The number of aliphatic carboxylic acids is 1. The molecular formula is C13H15ClFNO4S. The maximum absolute atomic E-state index is 13.8. The van der Waals surface area contributed by atoms with Gasteiger partial charge in [-0.05, 0) is 31.9 Å². The third kappa shape index (κ3) is 3.36. The molecule has 1 N–H and O–H groups in total. The average Bonchev–Trinajstić information content (AvgIpc) is 3.21. The van der Waals surface area contributed by atoms with Crippen LogP contribution >= 0.6 is 11.6 Å². The van der Waals surface area contributed by atoms with Crippen LogP contribution in [0.15, 0.2) is 18.2 Å². The highest BCUT2D eigenvalue weighted by Crippen LogP contribution is 2.34. The summed E-state index contributed by atoms with van der Waals surface area (Å²) in [6.07, 6.45) is 1.27. The van der Waals surface area contributed by atoms with E-state index in [0.29, 0.717) is 12.8 Å². The van der Waals surface area contributed by atoms with Gasteiger partial charge in [0.1, 0.15) is 5.82 Å². The van der Waals surface area contributed by atoms with Crippen molar-refractivity contribution in [3.8, 4) is 0 Å². The molecule has 1 saturated carbocycles. The van der Waals surface area contributed by atoms with Gasteiger partial charge in [0.2, 0.25) is 10.0 Å². The Morgan fingerprint density at radius 2 is 2.14 bits per heavy atom. The lowest BCUT2D eigenvalue weighted by Crippen LogP contribution is -2.42. The Labute approximate surface area is 127 Å². The van der Waals surface area contributed by atoms with Crippen LogP contribution < -0.4 is 0 Å². The number of carbonyl (C=O) groups is 1. The zero-order chi connectivity index (χ0) is 15.8. The summed E-state index contributed by atoms with van der Waals surface area (Å²) in [5.74, 6) is -2.04. The van der Waals surface area contributed by atoms with Gasteiger partial charge < -0.3 is 5.11 Å². The number of hydrogen-bond donors (Lipinski definition) is 1. The van der Waals surface area contributed by atoms with Crippen molar-refractivity contribution < 1.29 is 22.7 Å². The highest BCUT2D eigenvalue weighted by Gasteiger charge is 2.42. The molecule has 1 aliphatic carbocycles. The largest absolute Gasteiger partial charge is 0.480 e. The van der Waals surface area contributed by atoms with Gasteiger partial charge in [-0.1, -0.05) is 17.7 Å². The van der Waals surface area contributed by atoms with Crippen molar-refractivity contribution in [1.29, 1.82) is 0 Å². The van der Waals surface area contributed by atoms with Crippen LogP contribution in [0.4, 0.5) is 4.39 Å². The number of hydrogen-bond acceptors (Lipinski definition) is 3. The normalized spacial score (nSPS) is 17.0. The Bertz CT molecular complexity index is 640. The van der Waals surface area contributed by atoms with Gasteiger partial charge in [0, 0.05) is 23.2 Å². The van der Waals surface area contributed by atoms with Crippen molar-refractivity contribution in [3.63, 3.8) is 0 Å². The van der Waals surface area contributed by atoms with Gasteiger partial charge >= 0.3 is 5.97 Å². The molecule has 1 fully saturated rings. The third-order valence-electron chi connectivity index (χ3n) is 3.45. The first kappa shape index (κ1) is 16.2. The molecule has 1 aromatic rings. The number of carboxylic acid groups (broad SMARTS) is 1. The van der Waals surface area contributed by atoms with Crippen molar-refractivity contribution in [1.82, 2.24) is 4.31 Å². The Balaban J connectivity index is 2.35. The summed E-state index contributed by atoms with van der Waals surface area (Å²) < 4.78 is 39.6. The second kappa shape index (κ2) is 5.90. The monoisotopic (exact) mass is 335 g/mol. The first-order valence-corrected chi connectivity index (χ1v) is 8.29. The van der Waals surface area contributed by atoms with E-state index in [1.165, 1.54) is 18.2 Å². The van der Waals surface area contributed by atoms with Gasteiger partial charge in [-0.3, -0.25) is 4.79 Å². The molecule has 0 saturated heterocycles. The second-order valence-corrected chi connectivity index (χ2v) is 7.62. The van der Waals surface area contributed by atoms with Crippen molar-refractivity contribution in [2.75, 3.05) is 0 Å². The smallest absolute Gasteiger partial charge is 0.323 e. The average molecular weight is 336 g/mol. The first-order valence-electron chi connectivity index (χ1n) is 6.41. The van der Waals surface area contributed by atoms with E-state index >= 15 is 0 Å². The van der Waals surface area contributed by atoms with E-state index in [1.54, 1.807) is 0 Å². The molecule has 1 unspecified atom stereocenters. The van der Waals surface area contributed by atoms with Crippen LogP contribution in [0.2, 0.25) is 5.02 Å². The maximum atomic E-state index is 13.8. The fraction of sp³-hybridized carbons (Fsp3) is 0.462. The summed E-state index contributed by atoms with van der Waals surface area (Å²) >= 11 is 5.91. The van der Waals surface area contributed by atoms with Gasteiger partial charge in [0.25, 0.3) is 0 Å². The van der Waals surface area contributed by atoms with Crippen LogP contribution in [0.1, 0.15) is 25.3 Å². The minimum Gasteiger partial charge on any atom is -0.480 e. The van der Waals surface area contributed by atoms with Gasteiger partial charge in [-0.2, -0.15) is 4.31 Å². The number of rotatable bonds is 6. The molecule has 1 aliphatic rings. The molecule has 0 radical (unpaired) electrons. The molecule has 8 heteroatoms. The summed E-state index contributed by atoms with van der Waals surface area (Å²) in [5.41, 5.74) is 0.0623. The van der Waals surface area contributed by atoms with E-state index in [1.807, 2.05) is 0 Å². The van der Waals surface area contributed by atoms with Crippen LogP contribution in [0.3, 0.4) is 0 Å². The fourth-order valence-electron chi connectivity index (χ4n) is 1.96. The topological polar surface area (TPSA) is 74.7 Å². The highest BCUT2D eigenvalue weighted by molar-refractivity contribution is 7.90. The summed E-state index contributed by atoms with van der Waals surface area (Å²) in [5, 5.41) is 7.48. The van der Waals surface area contributed by atoms with Gasteiger partial charge in [0.05, 0.1) is 0 Å². The summed E-state index contributed by atoms with van der Waals surface area (Å²) in [6, 6.07) is 3.81. The number of sulfonamides is 1. The lowest BCUT2D eigenvalue weighted by molar-refractivity contribution is -0.136. The van der Waals surface area contributed by atoms with E-state index in [0.717, 1.165) is 11.2 Å². The summed E-state index contributed by atoms with van der Waals surface area (Å²) in [4.78, 5) is 11.0. The van der Waals surface area contributed by atoms with Gasteiger partial charge in [0.15, 0.2) is 5.25 Å². The van der Waals surface area contributed by atoms with Crippen LogP contribution in [0.5, 0.6) is 0 Å². The molecule has 1 aromatic carbocycles. The van der Waals surface area contributed by atoms with Crippen molar-refractivity contribution in [2.45, 2.75) is 37.6 Å². The predicted octanol–water partition coefficient (Wildman–Crippen LogP) is 2.25. The van der Waals surface area contributed by atoms with E-state index in [4.69, 9.17) is 16.7 Å². The standard InChI is InChI=1S/C13H15ClFNO4S/c1-8(13(17)18)21(19,20)16(9-5-6-9)7-10-11(14)3-2-4-12(10)15/h2-4,8-9H,5-7H2,1H3,(H,17,18). The lowest BCUT2D eigenvalue weighted by Gasteiger charge is -2.24. The number of halogens is 2. The molecule has 116 valence electrons. The Hall–Kier alpha value is -1.18. The van der Waals surface area contributed by atoms with Crippen LogP contribution in [0.25, 0.3) is 0 Å².